The van der Waals surface area contributed by atoms with E-state index >= 15 is 0 Å². The van der Waals surface area contributed by atoms with Crippen LogP contribution in [0.15, 0.2) is 30.3 Å². The van der Waals surface area contributed by atoms with Gasteiger partial charge in [0.15, 0.2) is 0 Å². The average Bonchev–Trinajstić information content (AvgIpc) is 2.69. The van der Waals surface area contributed by atoms with Crippen LogP contribution in [-0.4, -0.2) is 43.0 Å². The molecule has 2 unspecified atom stereocenters. The lowest BCUT2D eigenvalue weighted by atomic mass is 9.84. The number of likely N-dealkylation sites (tertiary alicyclic amines) is 1. The van der Waals surface area contributed by atoms with Gasteiger partial charge >= 0.3 is 0 Å². The van der Waals surface area contributed by atoms with Crippen molar-refractivity contribution in [2.45, 2.75) is 58.0 Å². The predicted molar refractivity (Wildman–Crippen MR) is 121 cm³/mol. The summed E-state index contributed by atoms with van der Waals surface area (Å²) in [6.07, 6.45) is 6.83. The highest BCUT2D eigenvalue weighted by Gasteiger charge is 2.25. The summed E-state index contributed by atoms with van der Waals surface area (Å²) in [6, 6.07) is 11.2. The normalized spacial score (nSPS) is 21.8. The number of nitrogens with zero attached hydrogens (tertiary/aromatic N) is 1. The molecule has 4 nitrogen and oxygen atoms in total. The van der Waals surface area contributed by atoms with Gasteiger partial charge < -0.3 is 10.6 Å². The highest BCUT2D eigenvalue weighted by Crippen LogP contribution is 2.24. The van der Waals surface area contributed by atoms with E-state index in [4.69, 9.17) is 0 Å². The van der Waals surface area contributed by atoms with Gasteiger partial charge in [0.05, 0.1) is 0 Å². The number of piperidine rings is 2. The molecular formula is C22H37Cl2N3O. The average molecular weight is 430 g/mol. The molecule has 2 atom stereocenters. The van der Waals surface area contributed by atoms with Crippen LogP contribution in [0.2, 0.25) is 0 Å². The number of hydrogen-bond donors (Lipinski definition) is 2. The van der Waals surface area contributed by atoms with Gasteiger partial charge in [0.25, 0.3) is 0 Å². The molecule has 3 rings (SSSR count). The lowest BCUT2D eigenvalue weighted by Gasteiger charge is -2.36. The van der Waals surface area contributed by atoms with E-state index < -0.39 is 0 Å². The Labute approximate surface area is 183 Å². The van der Waals surface area contributed by atoms with Gasteiger partial charge in [-0.2, -0.15) is 0 Å². The fourth-order valence-corrected chi connectivity index (χ4v) is 4.49. The predicted octanol–water partition coefficient (Wildman–Crippen LogP) is 4.03. The molecule has 2 N–H and O–H groups in total. The molecule has 2 heterocycles. The smallest absolute Gasteiger partial charge is 0.220 e. The lowest BCUT2D eigenvalue weighted by molar-refractivity contribution is -0.122. The summed E-state index contributed by atoms with van der Waals surface area (Å²) in [5.74, 6) is 1.43. The van der Waals surface area contributed by atoms with Gasteiger partial charge in [0, 0.05) is 25.6 Å². The standard InChI is InChI=1S/C22H35N3O.2ClH/c1-18(20-10-12-23-13-11-20)15-22(26)24-16-21-9-5-6-14-25(21)17-19-7-3-2-4-8-19;;/h2-4,7-8,18,20-21,23H,5-6,9-17H2,1H3,(H,24,26);2*1H. The van der Waals surface area contributed by atoms with E-state index in [0.717, 1.165) is 32.7 Å². The largest absolute Gasteiger partial charge is 0.355 e. The van der Waals surface area contributed by atoms with Crippen LogP contribution in [0.1, 0.15) is 51.0 Å². The van der Waals surface area contributed by atoms with Gasteiger partial charge in [-0.1, -0.05) is 43.7 Å². The molecule has 1 aromatic carbocycles. The van der Waals surface area contributed by atoms with Crippen molar-refractivity contribution >= 4 is 30.7 Å². The van der Waals surface area contributed by atoms with Gasteiger partial charge in [0.1, 0.15) is 0 Å². The molecular weight excluding hydrogens is 393 g/mol. The Morgan fingerprint density at radius 2 is 1.86 bits per heavy atom. The third kappa shape index (κ3) is 7.90. The second-order valence-electron chi connectivity index (χ2n) is 8.18. The minimum Gasteiger partial charge on any atom is -0.355 e. The minimum absolute atomic E-state index is 0. The number of nitrogens with one attached hydrogen (secondary N) is 2. The Bertz CT molecular complexity index is 552. The third-order valence-electron chi connectivity index (χ3n) is 6.21. The number of halogens is 2. The zero-order chi connectivity index (χ0) is 18.2. The molecule has 0 spiro atoms. The minimum atomic E-state index is 0. The Hall–Kier alpha value is -0.810. The summed E-state index contributed by atoms with van der Waals surface area (Å²) in [5.41, 5.74) is 1.37. The summed E-state index contributed by atoms with van der Waals surface area (Å²) < 4.78 is 0. The van der Waals surface area contributed by atoms with Gasteiger partial charge in [-0.25, -0.2) is 0 Å². The monoisotopic (exact) mass is 429 g/mol. The maximum atomic E-state index is 12.5. The number of hydrogen-bond acceptors (Lipinski definition) is 3. The van der Waals surface area contributed by atoms with Gasteiger partial charge in [-0.3, -0.25) is 9.69 Å². The van der Waals surface area contributed by atoms with Gasteiger partial charge in [-0.15, -0.1) is 24.8 Å². The number of carbonyl (C=O) groups is 1. The number of benzene rings is 1. The summed E-state index contributed by atoms with van der Waals surface area (Å²) in [4.78, 5) is 15.0. The molecule has 160 valence electrons. The van der Waals surface area contributed by atoms with E-state index in [1.165, 1.54) is 37.7 Å². The molecule has 0 bridgehead atoms. The highest BCUT2D eigenvalue weighted by molar-refractivity contribution is 5.85. The summed E-state index contributed by atoms with van der Waals surface area (Å²) in [5, 5.41) is 6.65. The lowest BCUT2D eigenvalue weighted by Crippen LogP contribution is -2.46. The van der Waals surface area contributed by atoms with Gasteiger partial charge in [0.2, 0.25) is 5.91 Å². The fraction of sp³-hybridized carbons (Fsp3) is 0.682. The number of rotatable bonds is 7. The van der Waals surface area contributed by atoms with Crippen molar-refractivity contribution in [1.29, 1.82) is 0 Å². The molecule has 2 aliphatic heterocycles. The molecule has 0 aliphatic carbocycles. The molecule has 2 fully saturated rings. The van der Waals surface area contributed by atoms with Crippen molar-refractivity contribution < 1.29 is 4.79 Å². The van der Waals surface area contributed by atoms with E-state index in [-0.39, 0.29) is 30.7 Å². The quantitative estimate of drug-likeness (QED) is 0.687. The maximum Gasteiger partial charge on any atom is 0.220 e. The third-order valence-corrected chi connectivity index (χ3v) is 6.21. The fourth-order valence-electron chi connectivity index (χ4n) is 4.49. The molecule has 6 heteroatoms. The molecule has 1 amide bonds. The molecule has 0 aromatic heterocycles. The van der Waals surface area contributed by atoms with Crippen LogP contribution < -0.4 is 10.6 Å². The first-order valence-electron chi connectivity index (χ1n) is 10.5. The Morgan fingerprint density at radius 3 is 2.57 bits per heavy atom. The Balaban J connectivity index is 0.00000196. The Morgan fingerprint density at radius 1 is 1.14 bits per heavy atom. The van der Waals surface area contributed by atoms with E-state index in [2.05, 4.69) is 52.8 Å². The van der Waals surface area contributed by atoms with E-state index in [9.17, 15) is 4.79 Å². The van der Waals surface area contributed by atoms with Crippen LogP contribution in [0, 0.1) is 11.8 Å². The molecule has 2 aliphatic rings. The van der Waals surface area contributed by atoms with Crippen molar-refractivity contribution in [1.82, 2.24) is 15.5 Å². The second kappa shape index (κ2) is 13.4. The van der Waals surface area contributed by atoms with E-state index in [0.29, 0.717) is 24.3 Å². The van der Waals surface area contributed by atoms with Crippen LogP contribution in [0.3, 0.4) is 0 Å². The first-order chi connectivity index (χ1) is 12.7. The van der Waals surface area contributed by atoms with E-state index in [1.807, 2.05) is 0 Å². The van der Waals surface area contributed by atoms with Crippen LogP contribution in [0.5, 0.6) is 0 Å². The second-order valence-corrected chi connectivity index (χ2v) is 8.18. The first-order valence-corrected chi connectivity index (χ1v) is 10.5. The van der Waals surface area contributed by atoms with Crippen molar-refractivity contribution in [3.05, 3.63) is 35.9 Å². The van der Waals surface area contributed by atoms with Gasteiger partial charge in [-0.05, 0) is 62.7 Å². The van der Waals surface area contributed by atoms with Crippen LogP contribution >= 0.6 is 24.8 Å². The maximum absolute atomic E-state index is 12.5. The topological polar surface area (TPSA) is 44.4 Å². The summed E-state index contributed by atoms with van der Waals surface area (Å²) >= 11 is 0. The van der Waals surface area contributed by atoms with Crippen LogP contribution in [0.25, 0.3) is 0 Å². The number of carbonyl (C=O) groups excluding carboxylic acids is 1. The van der Waals surface area contributed by atoms with Crippen LogP contribution in [-0.2, 0) is 11.3 Å². The zero-order valence-electron chi connectivity index (χ0n) is 17.1. The first kappa shape index (κ1) is 25.2. The van der Waals surface area contributed by atoms with Crippen LogP contribution in [0.4, 0.5) is 0 Å². The van der Waals surface area contributed by atoms with Crippen molar-refractivity contribution in [2.75, 3.05) is 26.2 Å². The Kier molecular flexibility index (Phi) is 12.1. The van der Waals surface area contributed by atoms with Crippen molar-refractivity contribution in [3.8, 4) is 0 Å². The molecule has 0 saturated carbocycles. The van der Waals surface area contributed by atoms with E-state index in [1.54, 1.807) is 0 Å². The molecule has 0 radical (unpaired) electrons. The van der Waals surface area contributed by atoms with Crippen molar-refractivity contribution in [2.24, 2.45) is 11.8 Å². The van der Waals surface area contributed by atoms with Crippen molar-refractivity contribution in [3.63, 3.8) is 0 Å². The highest BCUT2D eigenvalue weighted by atomic mass is 35.5. The zero-order valence-corrected chi connectivity index (χ0v) is 18.7. The number of amides is 1. The molecule has 28 heavy (non-hydrogen) atoms. The SMILES string of the molecule is CC(CC(=O)NCC1CCCCN1Cc1ccccc1)C1CCNCC1.Cl.Cl. The summed E-state index contributed by atoms with van der Waals surface area (Å²) in [6.45, 7) is 7.39. The molecule has 1 aromatic rings. The summed E-state index contributed by atoms with van der Waals surface area (Å²) in [7, 11) is 0. The molecule has 2 saturated heterocycles.